The molecule has 1 saturated heterocycles. The number of likely N-dealkylation sites (tertiary alicyclic amines) is 1. The van der Waals surface area contributed by atoms with Gasteiger partial charge >= 0.3 is 5.97 Å². The summed E-state index contributed by atoms with van der Waals surface area (Å²) in [6.45, 7) is 2.36. The minimum absolute atomic E-state index is 0.0618. The predicted molar refractivity (Wildman–Crippen MR) is 105 cm³/mol. The van der Waals surface area contributed by atoms with Crippen LogP contribution < -0.4 is 10.3 Å². The van der Waals surface area contributed by atoms with Crippen LogP contribution in [0.25, 0.3) is 0 Å². The number of amides is 1. The van der Waals surface area contributed by atoms with Gasteiger partial charge in [0.1, 0.15) is 5.84 Å². The number of rotatable bonds is 4. The second kappa shape index (κ2) is 8.91. The van der Waals surface area contributed by atoms with Gasteiger partial charge in [-0.3, -0.25) is 19.5 Å². The fourth-order valence-electron chi connectivity index (χ4n) is 3.27. The minimum Gasteiger partial charge on any atom is -0.469 e. The number of hydrogen-bond acceptors (Lipinski definition) is 6. The van der Waals surface area contributed by atoms with E-state index in [9.17, 15) is 9.59 Å². The van der Waals surface area contributed by atoms with Crippen LogP contribution in [0.3, 0.4) is 0 Å². The maximum absolute atomic E-state index is 12.3. The Morgan fingerprint density at radius 1 is 1.22 bits per heavy atom. The zero-order valence-corrected chi connectivity index (χ0v) is 16.6. The van der Waals surface area contributed by atoms with Crippen LogP contribution in [-0.2, 0) is 14.3 Å². The number of nitrogens with one attached hydrogen (secondary N) is 1. The first-order chi connectivity index (χ1) is 13.0. The summed E-state index contributed by atoms with van der Waals surface area (Å²) in [6, 6.07) is 5.32. The lowest BCUT2D eigenvalue weighted by Crippen LogP contribution is -2.44. The van der Waals surface area contributed by atoms with Gasteiger partial charge in [-0.25, -0.2) is 0 Å². The van der Waals surface area contributed by atoms with Crippen molar-refractivity contribution in [3.8, 4) is 0 Å². The Hall–Kier alpha value is -1.83. The number of piperidine rings is 1. The van der Waals surface area contributed by atoms with Crippen LogP contribution in [0.4, 0.5) is 5.69 Å². The molecule has 1 fully saturated rings. The normalized spacial score (nSPS) is 18.3. The van der Waals surface area contributed by atoms with Gasteiger partial charge in [0.2, 0.25) is 5.91 Å². The summed E-state index contributed by atoms with van der Waals surface area (Å²) in [5.41, 5.74) is 0.832. The van der Waals surface area contributed by atoms with Crippen molar-refractivity contribution in [3.05, 3.63) is 28.2 Å². The smallest absolute Gasteiger partial charge is 0.308 e. The lowest BCUT2D eigenvalue weighted by Gasteiger charge is -2.29. The molecule has 1 aromatic carbocycles. The number of amidine groups is 1. The Bertz CT molecular complexity index is 748. The Kier molecular flexibility index (Phi) is 6.57. The number of halogens is 2. The number of hydrazone groups is 1. The van der Waals surface area contributed by atoms with E-state index in [-0.39, 0.29) is 17.8 Å². The van der Waals surface area contributed by atoms with Gasteiger partial charge in [0.05, 0.1) is 35.3 Å². The van der Waals surface area contributed by atoms with E-state index in [0.717, 1.165) is 5.69 Å². The maximum atomic E-state index is 12.3. The van der Waals surface area contributed by atoms with E-state index >= 15 is 0 Å². The third-order valence-corrected chi connectivity index (χ3v) is 5.52. The van der Waals surface area contributed by atoms with E-state index in [1.54, 1.807) is 17.1 Å². The van der Waals surface area contributed by atoms with Crippen molar-refractivity contribution in [1.82, 2.24) is 10.2 Å². The molecule has 0 bridgehead atoms. The molecule has 9 heteroatoms. The highest BCUT2D eigenvalue weighted by Crippen LogP contribution is 2.28. The first-order valence-corrected chi connectivity index (χ1v) is 9.62. The summed E-state index contributed by atoms with van der Waals surface area (Å²) in [4.78, 5) is 25.9. The van der Waals surface area contributed by atoms with Gasteiger partial charge in [0.15, 0.2) is 0 Å². The van der Waals surface area contributed by atoms with Crippen molar-refractivity contribution in [2.45, 2.75) is 19.3 Å². The van der Waals surface area contributed by atoms with Crippen LogP contribution in [0.15, 0.2) is 23.3 Å². The first-order valence-electron chi connectivity index (χ1n) is 8.86. The zero-order valence-electron chi connectivity index (χ0n) is 15.1. The van der Waals surface area contributed by atoms with E-state index < -0.39 is 0 Å². The largest absolute Gasteiger partial charge is 0.469 e. The lowest BCUT2D eigenvalue weighted by molar-refractivity contribution is -0.147. The summed E-state index contributed by atoms with van der Waals surface area (Å²) in [7, 11) is 1.41. The van der Waals surface area contributed by atoms with E-state index in [0.29, 0.717) is 61.3 Å². The standard InChI is InChI=1S/C18H22Cl2N4O3/c1-27-18(26)12-4-7-23(8-5-12)11-17(25)21-16-6-9-24(22-16)13-2-3-14(19)15(20)10-13/h2-3,10,12H,4-9,11H2,1H3,(H,21,22,25). The molecule has 0 spiro atoms. The molecule has 146 valence electrons. The molecule has 1 aromatic rings. The lowest BCUT2D eigenvalue weighted by atomic mass is 9.97. The minimum atomic E-state index is -0.165. The molecular formula is C18H22Cl2N4O3. The van der Waals surface area contributed by atoms with Crippen LogP contribution in [0.5, 0.6) is 0 Å². The highest BCUT2D eigenvalue weighted by molar-refractivity contribution is 6.42. The highest BCUT2D eigenvalue weighted by Gasteiger charge is 2.27. The van der Waals surface area contributed by atoms with Gasteiger partial charge in [0, 0.05) is 13.0 Å². The average Bonchev–Trinajstić information content (AvgIpc) is 3.12. The Morgan fingerprint density at radius 3 is 2.63 bits per heavy atom. The fourth-order valence-corrected chi connectivity index (χ4v) is 3.57. The molecule has 0 aromatic heterocycles. The van der Waals surface area contributed by atoms with E-state index in [4.69, 9.17) is 27.9 Å². The Morgan fingerprint density at radius 2 is 1.96 bits per heavy atom. The van der Waals surface area contributed by atoms with Crippen LogP contribution >= 0.6 is 23.2 Å². The van der Waals surface area contributed by atoms with Crippen molar-refractivity contribution in [2.24, 2.45) is 11.0 Å². The summed E-state index contributed by atoms with van der Waals surface area (Å²) >= 11 is 12.0. The number of hydrogen-bond donors (Lipinski definition) is 1. The zero-order chi connectivity index (χ0) is 19.4. The SMILES string of the molecule is COC(=O)C1CCN(CC(=O)NC2=NN(c3ccc(Cl)c(Cl)c3)CC2)CC1. The van der Waals surface area contributed by atoms with Crippen LogP contribution in [0, 0.1) is 5.92 Å². The number of benzene rings is 1. The van der Waals surface area contributed by atoms with Gasteiger partial charge in [-0.05, 0) is 44.1 Å². The number of nitrogens with zero attached hydrogens (tertiary/aromatic N) is 3. The average molecular weight is 413 g/mol. The quantitative estimate of drug-likeness (QED) is 0.768. The molecule has 0 aliphatic carbocycles. The molecule has 2 heterocycles. The second-order valence-electron chi connectivity index (χ2n) is 6.64. The third-order valence-electron chi connectivity index (χ3n) is 4.78. The molecule has 0 radical (unpaired) electrons. The van der Waals surface area contributed by atoms with Crippen molar-refractivity contribution in [2.75, 3.05) is 38.3 Å². The van der Waals surface area contributed by atoms with Crippen molar-refractivity contribution < 1.29 is 14.3 Å². The van der Waals surface area contributed by atoms with Crippen molar-refractivity contribution in [3.63, 3.8) is 0 Å². The van der Waals surface area contributed by atoms with Crippen LogP contribution in [-0.4, -0.2) is 55.9 Å². The molecule has 1 amide bonds. The molecule has 2 aliphatic rings. The number of methoxy groups -OCH3 is 1. The van der Waals surface area contributed by atoms with E-state index in [2.05, 4.69) is 10.4 Å². The predicted octanol–water partition coefficient (Wildman–Crippen LogP) is 2.52. The maximum Gasteiger partial charge on any atom is 0.308 e. The van der Waals surface area contributed by atoms with Crippen LogP contribution in [0.2, 0.25) is 10.0 Å². The number of ether oxygens (including phenoxy) is 1. The third kappa shape index (κ3) is 5.12. The molecule has 7 nitrogen and oxygen atoms in total. The Labute approximate surface area is 168 Å². The monoisotopic (exact) mass is 412 g/mol. The number of carbonyl (C=O) groups excluding carboxylic acids is 2. The first kappa shape index (κ1) is 19.9. The highest BCUT2D eigenvalue weighted by atomic mass is 35.5. The molecule has 27 heavy (non-hydrogen) atoms. The van der Waals surface area contributed by atoms with Gasteiger partial charge < -0.3 is 10.1 Å². The fraction of sp³-hybridized carbons (Fsp3) is 0.500. The number of esters is 1. The summed E-state index contributed by atoms with van der Waals surface area (Å²) in [6.07, 6.45) is 2.08. The molecule has 0 unspecified atom stereocenters. The summed E-state index contributed by atoms with van der Waals surface area (Å²) in [5, 5.41) is 10.1. The van der Waals surface area contributed by atoms with Gasteiger partial charge in [-0.2, -0.15) is 5.10 Å². The molecule has 2 aliphatic heterocycles. The number of anilines is 1. The summed E-state index contributed by atoms with van der Waals surface area (Å²) in [5.74, 6) is 0.312. The van der Waals surface area contributed by atoms with Crippen LogP contribution in [0.1, 0.15) is 19.3 Å². The molecule has 1 N–H and O–H groups in total. The molecule has 0 atom stereocenters. The van der Waals surface area contributed by atoms with Crippen molar-refractivity contribution >= 4 is 46.6 Å². The van der Waals surface area contributed by atoms with Gasteiger partial charge in [-0.1, -0.05) is 23.2 Å². The number of carbonyl (C=O) groups is 2. The molecule has 0 saturated carbocycles. The second-order valence-corrected chi connectivity index (χ2v) is 7.45. The van der Waals surface area contributed by atoms with Gasteiger partial charge in [0.25, 0.3) is 0 Å². The summed E-state index contributed by atoms with van der Waals surface area (Å²) < 4.78 is 4.78. The van der Waals surface area contributed by atoms with E-state index in [1.165, 1.54) is 7.11 Å². The van der Waals surface area contributed by atoms with Crippen molar-refractivity contribution in [1.29, 1.82) is 0 Å². The molecule has 3 rings (SSSR count). The molecular weight excluding hydrogens is 391 g/mol. The Balaban J connectivity index is 1.48. The topological polar surface area (TPSA) is 74.2 Å². The van der Waals surface area contributed by atoms with E-state index in [1.807, 2.05) is 11.0 Å². The van der Waals surface area contributed by atoms with Gasteiger partial charge in [-0.15, -0.1) is 0 Å².